The largest absolute Gasteiger partial charge is 0.379 e. The smallest absolute Gasteiger partial charge is 0.251 e. The lowest BCUT2D eigenvalue weighted by Crippen LogP contribution is -2.43. The fraction of sp³-hybridized carbons (Fsp3) is 0.286. The van der Waals surface area contributed by atoms with Crippen LogP contribution in [-0.4, -0.2) is 43.7 Å². The van der Waals surface area contributed by atoms with Crippen LogP contribution in [0.3, 0.4) is 0 Å². The molecule has 1 atom stereocenters. The van der Waals surface area contributed by atoms with Crippen LogP contribution in [0.4, 0.5) is 0 Å². The number of fused-ring (bicyclic) bond motifs is 1. The number of ether oxygens (including phenoxy) is 1. The Morgan fingerprint density at radius 1 is 1.08 bits per heavy atom. The summed E-state index contributed by atoms with van der Waals surface area (Å²) in [6.45, 7) is 3.89. The standard InChI is InChI=1S/C21H22N2O2S/c24-21(18-8-3-6-16-5-1-2-7-17(16)18)22-15-19(20-9-4-14-26-20)23-10-12-25-13-11-23/h1-9,14,19H,10-13,15H2,(H,22,24)/t19-/m0/s1. The average Bonchev–Trinajstić information content (AvgIpc) is 3.23. The average molecular weight is 366 g/mol. The predicted octanol–water partition coefficient (Wildman–Crippen LogP) is 3.70. The summed E-state index contributed by atoms with van der Waals surface area (Å²) in [5.74, 6) is -0.0170. The number of hydrogen-bond acceptors (Lipinski definition) is 4. The van der Waals surface area contributed by atoms with Gasteiger partial charge in [0.25, 0.3) is 5.91 Å². The van der Waals surface area contributed by atoms with Gasteiger partial charge in [-0.15, -0.1) is 11.3 Å². The molecule has 0 aliphatic carbocycles. The Hall–Kier alpha value is -2.21. The van der Waals surface area contributed by atoms with E-state index >= 15 is 0 Å². The summed E-state index contributed by atoms with van der Waals surface area (Å²) < 4.78 is 5.48. The zero-order chi connectivity index (χ0) is 17.8. The van der Waals surface area contributed by atoms with E-state index in [0.717, 1.165) is 42.6 Å². The first-order valence-corrected chi connectivity index (χ1v) is 9.82. The maximum atomic E-state index is 12.9. The van der Waals surface area contributed by atoms with Crippen molar-refractivity contribution < 1.29 is 9.53 Å². The topological polar surface area (TPSA) is 41.6 Å². The van der Waals surface area contributed by atoms with Crippen LogP contribution in [0.5, 0.6) is 0 Å². The van der Waals surface area contributed by atoms with Crippen molar-refractivity contribution in [2.75, 3.05) is 32.8 Å². The molecule has 2 heterocycles. The molecule has 1 saturated heterocycles. The quantitative estimate of drug-likeness (QED) is 0.749. The summed E-state index contributed by atoms with van der Waals surface area (Å²) in [6, 6.07) is 18.3. The Morgan fingerprint density at radius 2 is 1.88 bits per heavy atom. The SMILES string of the molecule is O=C(NC[C@@H](c1cccs1)N1CCOCC1)c1cccc2ccccc12. The lowest BCUT2D eigenvalue weighted by Gasteiger charge is -2.34. The first-order valence-electron chi connectivity index (χ1n) is 8.94. The molecule has 1 amide bonds. The minimum absolute atomic E-state index is 0.0170. The first-order chi connectivity index (χ1) is 12.8. The Bertz CT molecular complexity index is 867. The summed E-state index contributed by atoms with van der Waals surface area (Å²) in [4.78, 5) is 16.5. The summed E-state index contributed by atoms with van der Waals surface area (Å²) >= 11 is 1.74. The molecule has 0 unspecified atom stereocenters. The highest BCUT2D eigenvalue weighted by Crippen LogP contribution is 2.26. The van der Waals surface area contributed by atoms with Crippen molar-refractivity contribution >= 4 is 28.0 Å². The highest BCUT2D eigenvalue weighted by atomic mass is 32.1. The number of nitrogens with one attached hydrogen (secondary N) is 1. The fourth-order valence-corrected chi connectivity index (χ4v) is 4.35. The number of thiophene rings is 1. The van der Waals surface area contributed by atoms with Crippen LogP contribution < -0.4 is 5.32 Å². The third kappa shape index (κ3) is 3.65. The molecule has 2 aromatic carbocycles. The Kier molecular flexibility index (Phi) is 5.29. The third-order valence-electron chi connectivity index (χ3n) is 4.85. The molecule has 26 heavy (non-hydrogen) atoms. The zero-order valence-electron chi connectivity index (χ0n) is 14.6. The van der Waals surface area contributed by atoms with Gasteiger partial charge in [-0.2, -0.15) is 0 Å². The van der Waals surface area contributed by atoms with E-state index in [2.05, 4.69) is 27.7 Å². The summed E-state index contributed by atoms with van der Waals surface area (Å²) in [5, 5.41) is 7.33. The molecule has 0 saturated carbocycles. The Balaban J connectivity index is 1.52. The van der Waals surface area contributed by atoms with Crippen LogP contribution in [-0.2, 0) is 4.74 Å². The van der Waals surface area contributed by atoms with Gasteiger partial charge < -0.3 is 10.1 Å². The van der Waals surface area contributed by atoms with Gasteiger partial charge in [-0.3, -0.25) is 9.69 Å². The summed E-state index contributed by atoms with van der Waals surface area (Å²) in [7, 11) is 0. The van der Waals surface area contributed by atoms with Gasteiger partial charge in [-0.25, -0.2) is 0 Å². The van der Waals surface area contributed by atoms with Crippen LogP contribution in [0.15, 0.2) is 60.0 Å². The lowest BCUT2D eigenvalue weighted by atomic mass is 10.0. The second-order valence-corrected chi connectivity index (χ2v) is 7.40. The van der Waals surface area contributed by atoms with Crippen molar-refractivity contribution in [2.45, 2.75) is 6.04 Å². The van der Waals surface area contributed by atoms with Crippen molar-refractivity contribution in [3.8, 4) is 0 Å². The van der Waals surface area contributed by atoms with E-state index < -0.39 is 0 Å². The maximum absolute atomic E-state index is 12.9. The van der Waals surface area contributed by atoms with Gasteiger partial charge >= 0.3 is 0 Å². The van der Waals surface area contributed by atoms with Crippen molar-refractivity contribution in [3.63, 3.8) is 0 Å². The summed E-state index contributed by atoms with van der Waals surface area (Å²) in [5.41, 5.74) is 0.731. The third-order valence-corrected chi connectivity index (χ3v) is 5.82. The number of carbonyl (C=O) groups excluding carboxylic acids is 1. The molecule has 134 valence electrons. The van der Waals surface area contributed by atoms with E-state index in [-0.39, 0.29) is 11.9 Å². The van der Waals surface area contributed by atoms with Gasteiger partial charge in [0.05, 0.1) is 19.3 Å². The molecule has 1 aliphatic heterocycles. The fourth-order valence-electron chi connectivity index (χ4n) is 3.49. The lowest BCUT2D eigenvalue weighted by molar-refractivity contribution is 0.0169. The number of benzene rings is 2. The van der Waals surface area contributed by atoms with Crippen molar-refractivity contribution in [1.29, 1.82) is 0 Å². The van der Waals surface area contributed by atoms with Crippen molar-refractivity contribution in [1.82, 2.24) is 10.2 Å². The second-order valence-electron chi connectivity index (χ2n) is 6.42. The maximum Gasteiger partial charge on any atom is 0.251 e. The minimum Gasteiger partial charge on any atom is -0.379 e. The molecule has 1 aliphatic rings. The monoisotopic (exact) mass is 366 g/mol. The van der Waals surface area contributed by atoms with Crippen LogP contribution in [0.1, 0.15) is 21.3 Å². The van der Waals surface area contributed by atoms with Gasteiger partial charge in [0.2, 0.25) is 0 Å². The molecule has 0 radical (unpaired) electrons. The summed E-state index contributed by atoms with van der Waals surface area (Å²) in [6.07, 6.45) is 0. The van der Waals surface area contributed by atoms with Crippen molar-refractivity contribution in [2.24, 2.45) is 0 Å². The van der Waals surface area contributed by atoms with Crippen LogP contribution in [0, 0.1) is 0 Å². The molecule has 3 aromatic rings. The minimum atomic E-state index is -0.0170. The molecule has 4 nitrogen and oxygen atoms in total. The normalized spacial score (nSPS) is 16.5. The van der Waals surface area contributed by atoms with Gasteiger partial charge in [0.15, 0.2) is 0 Å². The molecule has 0 spiro atoms. The Morgan fingerprint density at radius 3 is 2.69 bits per heavy atom. The molecular weight excluding hydrogens is 344 g/mol. The number of nitrogens with zero attached hydrogens (tertiary/aromatic N) is 1. The molecular formula is C21H22N2O2S. The van der Waals surface area contributed by atoms with Gasteiger partial charge in [-0.1, -0.05) is 42.5 Å². The molecule has 4 rings (SSSR count). The van der Waals surface area contributed by atoms with Crippen LogP contribution >= 0.6 is 11.3 Å². The number of amides is 1. The molecule has 1 N–H and O–H groups in total. The highest BCUT2D eigenvalue weighted by molar-refractivity contribution is 7.10. The van der Waals surface area contributed by atoms with E-state index in [0.29, 0.717) is 6.54 Å². The highest BCUT2D eigenvalue weighted by Gasteiger charge is 2.24. The zero-order valence-corrected chi connectivity index (χ0v) is 15.4. The van der Waals surface area contributed by atoms with Gasteiger partial charge in [0, 0.05) is 30.1 Å². The van der Waals surface area contributed by atoms with Crippen LogP contribution in [0.25, 0.3) is 10.8 Å². The number of hydrogen-bond donors (Lipinski definition) is 1. The molecule has 1 fully saturated rings. The van der Waals surface area contributed by atoms with E-state index in [1.165, 1.54) is 4.88 Å². The van der Waals surface area contributed by atoms with Crippen LogP contribution in [0.2, 0.25) is 0 Å². The van der Waals surface area contributed by atoms with Crippen molar-refractivity contribution in [3.05, 3.63) is 70.4 Å². The number of morpholine rings is 1. The number of rotatable bonds is 5. The Labute approximate surface area is 157 Å². The van der Waals surface area contributed by atoms with E-state index in [1.807, 2.05) is 42.5 Å². The predicted molar refractivity (Wildman–Crippen MR) is 106 cm³/mol. The second kappa shape index (κ2) is 7.99. The van der Waals surface area contributed by atoms with Gasteiger partial charge in [-0.05, 0) is 28.3 Å². The molecule has 1 aromatic heterocycles. The van der Waals surface area contributed by atoms with Gasteiger partial charge in [0.1, 0.15) is 0 Å². The first kappa shape index (κ1) is 17.2. The van der Waals surface area contributed by atoms with E-state index in [9.17, 15) is 4.79 Å². The number of carbonyl (C=O) groups is 1. The molecule has 5 heteroatoms. The van der Waals surface area contributed by atoms with E-state index in [1.54, 1.807) is 11.3 Å². The molecule has 0 bridgehead atoms. The van der Waals surface area contributed by atoms with E-state index in [4.69, 9.17) is 4.74 Å².